The van der Waals surface area contributed by atoms with Crippen LogP contribution in [0.3, 0.4) is 0 Å². The first-order valence-electron chi connectivity index (χ1n) is 12.0. The van der Waals surface area contributed by atoms with Gasteiger partial charge in [-0.15, -0.1) is 0 Å². The Bertz CT molecular complexity index is 924. The van der Waals surface area contributed by atoms with Gasteiger partial charge in [-0.25, -0.2) is 0 Å². The van der Waals surface area contributed by atoms with E-state index in [1.54, 1.807) is 11.9 Å². The van der Waals surface area contributed by atoms with Crippen LogP contribution in [-0.2, 0) is 14.4 Å². The van der Waals surface area contributed by atoms with Gasteiger partial charge in [0.25, 0.3) is 0 Å². The number of allylic oxidation sites excluding steroid dienone is 1. The van der Waals surface area contributed by atoms with Crippen LogP contribution in [0.15, 0.2) is 30.4 Å². The van der Waals surface area contributed by atoms with E-state index in [9.17, 15) is 19.5 Å². The third-order valence-electron chi connectivity index (χ3n) is 7.21. The number of carbonyl (C=O) groups is 3. The molecule has 1 saturated heterocycles. The molecule has 180 valence electrons. The molecule has 1 heterocycles. The Labute approximate surface area is 196 Å². The topological polar surface area (TPSA) is 98.7 Å². The standard InChI is InChI=1S/C26H37N3O4/c1-6-8-17-11-12-19-22(21(17)24(31)27-5)26(33)29(18(7-2)14-30)23(19)25(32)28-20-13-15(3)9-10-16(20)4/h9-13,17-19,21-23,30H,6-8,14H2,1-5H3,(H,27,31)(H,28,32)/t17-,18+,19+,21-,22-,23+/m1/s1. The lowest BCUT2D eigenvalue weighted by atomic mass is 9.68. The minimum absolute atomic E-state index is 0.0583. The number of aliphatic hydroxyl groups is 1. The Balaban J connectivity index is 2.05. The monoisotopic (exact) mass is 455 g/mol. The van der Waals surface area contributed by atoms with Crippen molar-refractivity contribution in [2.45, 2.75) is 59.0 Å². The number of benzene rings is 1. The molecule has 3 N–H and O–H groups in total. The molecule has 2 aliphatic rings. The molecular formula is C26H37N3O4. The highest BCUT2D eigenvalue weighted by Gasteiger charge is 2.58. The quantitative estimate of drug-likeness (QED) is 0.525. The largest absolute Gasteiger partial charge is 0.394 e. The maximum absolute atomic E-state index is 13.8. The van der Waals surface area contributed by atoms with Crippen molar-refractivity contribution in [3.05, 3.63) is 41.5 Å². The van der Waals surface area contributed by atoms with Gasteiger partial charge in [0, 0.05) is 18.7 Å². The highest BCUT2D eigenvalue weighted by atomic mass is 16.3. The number of nitrogens with one attached hydrogen (secondary N) is 2. The number of hydrogen-bond acceptors (Lipinski definition) is 4. The van der Waals surface area contributed by atoms with Crippen LogP contribution in [-0.4, -0.2) is 53.5 Å². The molecule has 3 rings (SSSR count). The fraction of sp³-hybridized carbons (Fsp3) is 0.577. The molecule has 33 heavy (non-hydrogen) atoms. The first-order valence-corrected chi connectivity index (χ1v) is 12.0. The Morgan fingerprint density at radius 2 is 1.88 bits per heavy atom. The lowest BCUT2D eigenvalue weighted by Gasteiger charge is -2.34. The molecule has 0 spiro atoms. The summed E-state index contributed by atoms with van der Waals surface area (Å²) in [5, 5.41) is 15.8. The van der Waals surface area contributed by atoms with Crippen LogP contribution in [0.4, 0.5) is 5.69 Å². The van der Waals surface area contributed by atoms with E-state index in [1.165, 1.54) is 0 Å². The van der Waals surface area contributed by atoms with Gasteiger partial charge >= 0.3 is 0 Å². The molecule has 1 aromatic carbocycles. The van der Waals surface area contributed by atoms with Gasteiger partial charge in [-0.1, -0.05) is 44.6 Å². The fourth-order valence-corrected chi connectivity index (χ4v) is 5.46. The fourth-order valence-electron chi connectivity index (χ4n) is 5.46. The van der Waals surface area contributed by atoms with Gasteiger partial charge in [0.1, 0.15) is 6.04 Å². The molecule has 1 aromatic rings. The molecule has 7 heteroatoms. The average molecular weight is 456 g/mol. The molecule has 0 aromatic heterocycles. The molecule has 0 unspecified atom stereocenters. The summed E-state index contributed by atoms with van der Waals surface area (Å²) in [4.78, 5) is 41.9. The molecule has 0 bridgehead atoms. The third kappa shape index (κ3) is 4.69. The van der Waals surface area contributed by atoms with Crippen LogP contribution in [0.1, 0.15) is 44.2 Å². The number of amides is 3. The maximum atomic E-state index is 13.8. The smallest absolute Gasteiger partial charge is 0.247 e. The Morgan fingerprint density at radius 1 is 1.15 bits per heavy atom. The average Bonchev–Trinajstić information content (AvgIpc) is 3.09. The van der Waals surface area contributed by atoms with Crippen LogP contribution in [0.2, 0.25) is 0 Å². The van der Waals surface area contributed by atoms with Crippen molar-refractivity contribution in [3.63, 3.8) is 0 Å². The normalized spacial score (nSPS) is 27.3. The lowest BCUT2D eigenvalue weighted by molar-refractivity contribution is -0.142. The van der Waals surface area contributed by atoms with Gasteiger partial charge in [0.05, 0.1) is 24.5 Å². The molecule has 3 amide bonds. The Kier molecular flexibility index (Phi) is 7.95. The van der Waals surface area contributed by atoms with Crippen molar-refractivity contribution >= 4 is 23.4 Å². The van der Waals surface area contributed by atoms with Crippen molar-refractivity contribution in [2.24, 2.45) is 23.7 Å². The number of anilines is 1. The number of rotatable bonds is 8. The van der Waals surface area contributed by atoms with Crippen LogP contribution >= 0.6 is 0 Å². The summed E-state index contributed by atoms with van der Waals surface area (Å²) in [7, 11) is 1.59. The number of fused-ring (bicyclic) bond motifs is 1. The predicted octanol–water partition coefficient (Wildman–Crippen LogP) is 2.80. The zero-order chi connectivity index (χ0) is 24.3. The Hall–Kier alpha value is -2.67. The lowest BCUT2D eigenvalue weighted by Crippen LogP contribution is -2.50. The van der Waals surface area contributed by atoms with Crippen molar-refractivity contribution in [1.29, 1.82) is 0 Å². The number of likely N-dealkylation sites (tertiary alicyclic amines) is 1. The van der Waals surface area contributed by atoms with E-state index in [0.29, 0.717) is 12.1 Å². The number of nitrogens with zero attached hydrogens (tertiary/aromatic N) is 1. The van der Waals surface area contributed by atoms with E-state index in [2.05, 4.69) is 17.6 Å². The van der Waals surface area contributed by atoms with E-state index in [4.69, 9.17) is 0 Å². The van der Waals surface area contributed by atoms with Gasteiger partial charge in [0.15, 0.2) is 0 Å². The summed E-state index contributed by atoms with van der Waals surface area (Å²) in [6, 6.07) is 4.57. The van der Waals surface area contributed by atoms with E-state index in [1.807, 2.05) is 51.1 Å². The summed E-state index contributed by atoms with van der Waals surface area (Å²) < 4.78 is 0. The predicted molar refractivity (Wildman–Crippen MR) is 128 cm³/mol. The number of aliphatic hydroxyl groups excluding tert-OH is 1. The van der Waals surface area contributed by atoms with Crippen molar-refractivity contribution < 1.29 is 19.5 Å². The molecular weight excluding hydrogens is 418 g/mol. The van der Waals surface area contributed by atoms with Crippen molar-refractivity contribution in [2.75, 3.05) is 19.0 Å². The van der Waals surface area contributed by atoms with Gasteiger partial charge in [0.2, 0.25) is 17.7 Å². The zero-order valence-corrected chi connectivity index (χ0v) is 20.3. The summed E-state index contributed by atoms with van der Waals surface area (Å²) in [6.45, 7) is 7.60. The van der Waals surface area contributed by atoms with E-state index in [0.717, 1.165) is 24.0 Å². The first-order chi connectivity index (χ1) is 15.8. The minimum Gasteiger partial charge on any atom is -0.394 e. The highest BCUT2D eigenvalue weighted by molar-refractivity contribution is 6.02. The summed E-state index contributed by atoms with van der Waals surface area (Å²) >= 11 is 0. The van der Waals surface area contributed by atoms with Gasteiger partial charge in [-0.2, -0.15) is 0 Å². The second kappa shape index (κ2) is 10.5. The van der Waals surface area contributed by atoms with Gasteiger partial charge in [-0.3, -0.25) is 14.4 Å². The third-order valence-corrected chi connectivity index (χ3v) is 7.21. The highest BCUT2D eigenvalue weighted by Crippen LogP contribution is 2.46. The zero-order valence-electron chi connectivity index (χ0n) is 20.3. The number of aryl methyl sites for hydroxylation is 2. The summed E-state index contributed by atoms with van der Waals surface area (Å²) in [5.74, 6) is -2.33. The molecule has 0 saturated carbocycles. The molecule has 1 fully saturated rings. The van der Waals surface area contributed by atoms with Gasteiger partial charge in [-0.05, 0) is 49.8 Å². The van der Waals surface area contributed by atoms with Crippen molar-refractivity contribution in [3.8, 4) is 0 Å². The second-order valence-corrected chi connectivity index (χ2v) is 9.32. The molecule has 6 atom stereocenters. The Morgan fingerprint density at radius 3 is 2.48 bits per heavy atom. The first kappa shape index (κ1) is 25.0. The summed E-state index contributed by atoms with van der Waals surface area (Å²) in [5.41, 5.74) is 2.66. The van der Waals surface area contributed by atoms with Crippen LogP contribution < -0.4 is 10.6 Å². The van der Waals surface area contributed by atoms with Crippen LogP contribution in [0.5, 0.6) is 0 Å². The van der Waals surface area contributed by atoms with Gasteiger partial charge < -0.3 is 20.6 Å². The van der Waals surface area contributed by atoms with E-state index >= 15 is 0 Å². The maximum Gasteiger partial charge on any atom is 0.247 e. The van der Waals surface area contributed by atoms with Crippen molar-refractivity contribution in [1.82, 2.24) is 10.2 Å². The van der Waals surface area contributed by atoms with E-state index < -0.39 is 29.8 Å². The van der Waals surface area contributed by atoms with E-state index in [-0.39, 0.29) is 30.2 Å². The molecule has 1 aliphatic heterocycles. The molecule has 1 aliphatic carbocycles. The number of hydrogen-bond donors (Lipinski definition) is 3. The summed E-state index contributed by atoms with van der Waals surface area (Å²) in [6.07, 6.45) is 6.17. The SMILES string of the molecule is CCC[C@@H]1C=C[C@H]2[C@@H](C(=O)N([C@@H](CC)CO)[C@@H]2C(=O)Nc2cc(C)ccc2C)[C@@H]1C(=O)NC. The van der Waals surface area contributed by atoms with Crippen LogP contribution in [0, 0.1) is 37.5 Å². The molecule has 7 nitrogen and oxygen atoms in total. The minimum atomic E-state index is -0.787. The molecule has 0 radical (unpaired) electrons. The number of carbonyl (C=O) groups excluding carboxylic acids is 3. The second-order valence-electron chi connectivity index (χ2n) is 9.32. The van der Waals surface area contributed by atoms with Crippen LogP contribution in [0.25, 0.3) is 0 Å².